The summed E-state index contributed by atoms with van der Waals surface area (Å²) >= 11 is 1.68. The summed E-state index contributed by atoms with van der Waals surface area (Å²) in [5.41, 5.74) is 2.17. The highest BCUT2D eigenvalue weighted by Gasteiger charge is 2.15. The fraction of sp³-hybridized carbons (Fsp3) is 0.158. The number of hydrogen-bond acceptors (Lipinski definition) is 4. The van der Waals surface area contributed by atoms with E-state index >= 15 is 0 Å². The summed E-state index contributed by atoms with van der Waals surface area (Å²) in [6.45, 7) is 6.53. The number of ether oxygens (including phenoxy) is 1. The van der Waals surface area contributed by atoms with Gasteiger partial charge in [-0.2, -0.15) is 0 Å². The van der Waals surface area contributed by atoms with Gasteiger partial charge in [-0.1, -0.05) is 36.4 Å². The molecule has 0 radical (unpaired) electrons. The van der Waals surface area contributed by atoms with E-state index in [4.69, 9.17) is 4.74 Å². The van der Waals surface area contributed by atoms with Crippen molar-refractivity contribution in [1.82, 2.24) is 9.97 Å². The van der Waals surface area contributed by atoms with E-state index in [1.54, 1.807) is 17.5 Å². The Labute approximate surface area is 140 Å². The molecule has 2 heterocycles. The number of hydrogen-bond donors (Lipinski definition) is 0. The van der Waals surface area contributed by atoms with Crippen LogP contribution in [0.15, 0.2) is 67.6 Å². The molecule has 1 atom stereocenters. The molecule has 3 nitrogen and oxygen atoms in total. The first-order valence-electron chi connectivity index (χ1n) is 7.43. The highest BCUT2D eigenvalue weighted by molar-refractivity contribution is 7.11. The van der Waals surface area contributed by atoms with Gasteiger partial charge in [0.05, 0.1) is 12.1 Å². The third kappa shape index (κ3) is 3.85. The summed E-state index contributed by atoms with van der Waals surface area (Å²) in [7, 11) is 0. The molecular formula is C19H18N2OS. The molecule has 3 aromatic rings. The van der Waals surface area contributed by atoms with Crippen LogP contribution in [0.25, 0.3) is 0 Å². The van der Waals surface area contributed by atoms with Crippen LogP contribution in [-0.2, 0) is 6.61 Å². The lowest BCUT2D eigenvalue weighted by molar-refractivity contribution is 0.304. The van der Waals surface area contributed by atoms with Gasteiger partial charge in [0.2, 0.25) is 0 Å². The van der Waals surface area contributed by atoms with Gasteiger partial charge in [-0.05, 0) is 24.1 Å². The molecule has 1 aromatic carbocycles. The summed E-state index contributed by atoms with van der Waals surface area (Å²) in [6.07, 6.45) is 7.37. The molecule has 0 aliphatic rings. The highest BCUT2D eigenvalue weighted by atomic mass is 32.1. The maximum Gasteiger partial charge on any atom is 0.138 e. The van der Waals surface area contributed by atoms with E-state index in [-0.39, 0.29) is 5.92 Å². The molecule has 0 aliphatic heterocycles. The Morgan fingerprint density at radius 1 is 1.22 bits per heavy atom. The molecule has 3 rings (SSSR count). The van der Waals surface area contributed by atoms with E-state index in [2.05, 4.69) is 23.5 Å². The molecule has 1 unspecified atom stereocenters. The molecule has 0 fully saturated rings. The summed E-state index contributed by atoms with van der Waals surface area (Å²) < 4.78 is 5.85. The van der Waals surface area contributed by atoms with Crippen LogP contribution in [0.2, 0.25) is 0 Å². The minimum absolute atomic E-state index is 0.0430. The summed E-state index contributed by atoms with van der Waals surface area (Å²) in [4.78, 5) is 9.96. The quantitative estimate of drug-likeness (QED) is 0.615. The lowest BCUT2D eigenvalue weighted by Crippen LogP contribution is -2.00. The lowest BCUT2D eigenvalue weighted by atomic mass is 10.0. The predicted molar refractivity (Wildman–Crippen MR) is 93.9 cm³/mol. The van der Waals surface area contributed by atoms with Crippen molar-refractivity contribution in [3.63, 3.8) is 0 Å². The van der Waals surface area contributed by atoms with Crippen molar-refractivity contribution in [3.8, 4) is 5.75 Å². The van der Waals surface area contributed by atoms with Gasteiger partial charge >= 0.3 is 0 Å². The van der Waals surface area contributed by atoms with Crippen molar-refractivity contribution in [2.75, 3.05) is 0 Å². The first kappa shape index (κ1) is 15.4. The highest BCUT2D eigenvalue weighted by Crippen LogP contribution is 2.30. The number of aromatic nitrogens is 2. The van der Waals surface area contributed by atoms with Crippen LogP contribution in [0.4, 0.5) is 0 Å². The average molecular weight is 322 g/mol. The molecule has 0 saturated heterocycles. The van der Waals surface area contributed by atoms with Crippen molar-refractivity contribution in [2.24, 2.45) is 0 Å². The van der Waals surface area contributed by atoms with Crippen LogP contribution in [0.1, 0.15) is 26.9 Å². The molecule has 0 aliphatic carbocycles. The third-order valence-electron chi connectivity index (χ3n) is 3.48. The molecule has 0 amide bonds. The zero-order chi connectivity index (χ0) is 16.1. The second-order valence-corrected chi connectivity index (χ2v) is 6.52. The SMILES string of the molecule is C=CC(c1cncc(OCc2ccccc2)c1)c1ncc(C)s1. The fourth-order valence-electron chi connectivity index (χ4n) is 2.32. The van der Waals surface area contributed by atoms with E-state index in [9.17, 15) is 0 Å². The number of rotatable bonds is 6. The maximum absolute atomic E-state index is 5.85. The minimum atomic E-state index is 0.0430. The molecule has 0 saturated carbocycles. The van der Waals surface area contributed by atoms with Gasteiger partial charge in [-0.25, -0.2) is 4.98 Å². The number of pyridine rings is 1. The van der Waals surface area contributed by atoms with Gasteiger partial charge in [0.25, 0.3) is 0 Å². The average Bonchev–Trinajstić information content (AvgIpc) is 3.01. The Bertz CT molecular complexity index is 783. The van der Waals surface area contributed by atoms with Gasteiger partial charge in [-0.15, -0.1) is 17.9 Å². The summed E-state index contributed by atoms with van der Waals surface area (Å²) in [5.74, 6) is 0.799. The van der Waals surface area contributed by atoms with Gasteiger partial charge in [0, 0.05) is 17.3 Å². The van der Waals surface area contributed by atoms with Crippen LogP contribution in [0.3, 0.4) is 0 Å². The van der Waals surface area contributed by atoms with E-state index < -0.39 is 0 Å². The van der Waals surface area contributed by atoms with Crippen LogP contribution in [0.5, 0.6) is 5.75 Å². The second-order valence-electron chi connectivity index (χ2n) is 5.25. The lowest BCUT2D eigenvalue weighted by Gasteiger charge is -2.12. The Balaban J connectivity index is 1.77. The normalized spacial score (nSPS) is 11.9. The van der Waals surface area contributed by atoms with Crippen LogP contribution in [0, 0.1) is 6.92 Å². The Hall–Kier alpha value is -2.46. The standard InChI is InChI=1S/C19H18N2OS/c1-3-18(19-21-10-14(2)23-19)16-9-17(12-20-11-16)22-13-15-7-5-4-6-8-15/h3-12,18H,1,13H2,2H3. The van der Waals surface area contributed by atoms with Gasteiger partial charge in [0.1, 0.15) is 17.4 Å². The largest absolute Gasteiger partial charge is 0.487 e. The smallest absolute Gasteiger partial charge is 0.138 e. The molecular weight excluding hydrogens is 304 g/mol. The first-order chi connectivity index (χ1) is 11.3. The molecule has 0 N–H and O–H groups in total. The maximum atomic E-state index is 5.85. The number of aryl methyl sites for hydroxylation is 1. The Morgan fingerprint density at radius 2 is 2.04 bits per heavy atom. The third-order valence-corrected chi connectivity index (χ3v) is 4.48. The number of thiazole rings is 1. The van der Waals surface area contributed by atoms with E-state index in [1.807, 2.05) is 54.9 Å². The second kappa shape index (κ2) is 7.20. The fourth-order valence-corrected chi connectivity index (χ4v) is 3.22. The van der Waals surface area contributed by atoms with Crippen molar-refractivity contribution < 1.29 is 4.74 Å². The van der Waals surface area contributed by atoms with Crippen LogP contribution >= 0.6 is 11.3 Å². The zero-order valence-electron chi connectivity index (χ0n) is 13.0. The van der Waals surface area contributed by atoms with Crippen molar-refractivity contribution in [2.45, 2.75) is 19.4 Å². The topological polar surface area (TPSA) is 35.0 Å². The molecule has 0 spiro atoms. The molecule has 116 valence electrons. The van der Waals surface area contributed by atoms with E-state index in [0.29, 0.717) is 6.61 Å². The zero-order valence-corrected chi connectivity index (χ0v) is 13.8. The minimum Gasteiger partial charge on any atom is -0.487 e. The van der Waals surface area contributed by atoms with Crippen molar-refractivity contribution in [3.05, 3.63) is 88.7 Å². The number of allylic oxidation sites excluding steroid dienone is 1. The molecule has 0 bridgehead atoms. The van der Waals surface area contributed by atoms with Crippen molar-refractivity contribution >= 4 is 11.3 Å². The monoisotopic (exact) mass is 322 g/mol. The predicted octanol–water partition coefficient (Wildman–Crippen LogP) is 4.74. The number of benzene rings is 1. The summed E-state index contributed by atoms with van der Waals surface area (Å²) in [5, 5.41) is 1.03. The molecule has 23 heavy (non-hydrogen) atoms. The van der Waals surface area contributed by atoms with E-state index in [0.717, 1.165) is 21.9 Å². The molecule has 4 heteroatoms. The van der Waals surface area contributed by atoms with Gasteiger partial charge < -0.3 is 4.74 Å². The first-order valence-corrected chi connectivity index (χ1v) is 8.24. The summed E-state index contributed by atoms with van der Waals surface area (Å²) in [6, 6.07) is 12.1. The Morgan fingerprint density at radius 3 is 2.74 bits per heavy atom. The van der Waals surface area contributed by atoms with Crippen LogP contribution < -0.4 is 4.74 Å². The van der Waals surface area contributed by atoms with E-state index in [1.165, 1.54) is 4.88 Å². The van der Waals surface area contributed by atoms with Crippen LogP contribution in [-0.4, -0.2) is 9.97 Å². The number of nitrogens with zero attached hydrogens (tertiary/aromatic N) is 2. The Kier molecular flexibility index (Phi) is 4.83. The van der Waals surface area contributed by atoms with Gasteiger partial charge in [0.15, 0.2) is 0 Å². The van der Waals surface area contributed by atoms with Crippen molar-refractivity contribution in [1.29, 1.82) is 0 Å². The van der Waals surface area contributed by atoms with Gasteiger partial charge in [-0.3, -0.25) is 4.98 Å². The molecule has 2 aromatic heterocycles.